The molecule has 0 aliphatic rings. The van der Waals surface area contributed by atoms with E-state index < -0.39 is 29.5 Å². The van der Waals surface area contributed by atoms with E-state index in [0.717, 1.165) is 7.11 Å². The van der Waals surface area contributed by atoms with Crippen LogP contribution < -0.4 is 4.74 Å². The van der Waals surface area contributed by atoms with Crippen LogP contribution in [0.3, 0.4) is 0 Å². The van der Waals surface area contributed by atoms with Gasteiger partial charge >= 0.3 is 0 Å². The number of rotatable bonds is 2. The van der Waals surface area contributed by atoms with Crippen LogP contribution in [0.5, 0.6) is 5.88 Å². The topological polar surface area (TPSA) is 22.1 Å². The van der Waals surface area contributed by atoms with Crippen LogP contribution in [-0.4, -0.2) is 12.1 Å². The molecule has 0 aliphatic carbocycles. The van der Waals surface area contributed by atoms with Crippen LogP contribution in [0.4, 0.5) is 17.6 Å². The molecule has 0 bridgehead atoms. The van der Waals surface area contributed by atoms with Crippen molar-refractivity contribution in [2.45, 2.75) is 6.43 Å². The number of aromatic nitrogens is 1. The van der Waals surface area contributed by atoms with Crippen LogP contribution in [-0.2, 0) is 0 Å². The lowest BCUT2D eigenvalue weighted by Crippen LogP contribution is -2.00. The maximum absolute atomic E-state index is 12.7. The summed E-state index contributed by atoms with van der Waals surface area (Å²) in [5.74, 6) is -3.76. The van der Waals surface area contributed by atoms with Gasteiger partial charge in [-0.3, -0.25) is 0 Å². The van der Waals surface area contributed by atoms with E-state index >= 15 is 0 Å². The molecule has 0 fully saturated rings. The molecule has 72 valence electrons. The summed E-state index contributed by atoms with van der Waals surface area (Å²) in [5, 5.41) is 0. The number of hydrogen-bond donors (Lipinski definition) is 0. The highest BCUT2D eigenvalue weighted by molar-refractivity contribution is 5.23. The Kier molecular flexibility index (Phi) is 2.69. The molecular formula is C7H5F4NO. The van der Waals surface area contributed by atoms with E-state index in [1.54, 1.807) is 0 Å². The second kappa shape index (κ2) is 3.59. The molecule has 2 nitrogen and oxygen atoms in total. The van der Waals surface area contributed by atoms with Gasteiger partial charge in [0.05, 0.1) is 12.7 Å². The molecule has 0 saturated heterocycles. The predicted molar refractivity (Wildman–Crippen MR) is 35.7 cm³/mol. The molecule has 0 N–H and O–H groups in total. The molecular weight excluding hydrogens is 190 g/mol. The summed E-state index contributed by atoms with van der Waals surface area (Å²) in [6.07, 6.45) is -2.55. The lowest BCUT2D eigenvalue weighted by Gasteiger charge is -2.04. The molecule has 0 radical (unpaired) electrons. The number of hydrogen-bond acceptors (Lipinski definition) is 2. The largest absolute Gasteiger partial charge is 0.479 e. The number of nitrogens with zero attached hydrogens (tertiary/aromatic N) is 1. The zero-order valence-corrected chi connectivity index (χ0v) is 6.52. The van der Waals surface area contributed by atoms with Gasteiger partial charge in [0.2, 0.25) is 5.82 Å². The molecule has 13 heavy (non-hydrogen) atoms. The van der Waals surface area contributed by atoms with E-state index in [-0.39, 0.29) is 0 Å². The maximum atomic E-state index is 12.7. The maximum Gasteiger partial charge on any atom is 0.268 e. The van der Waals surface area contributed by atoms with Crippen molar-refractivity contribution in [2.24, 2.45) is 0 Å². The average molecular weight is 195 g/mol. The normalized spacial score (nSPS) is 10.6. The first-order chi connectivity index (χ1) is 6.07. The van der Waals surface area contributed by atoms with Gasteiger partial charge in [-0.2, -0.15) is 4.39 Å². The van der Waals surface area contributed by atoms with Crippen molar-refractivity contribution < 1.29 is 22.3 Å². The Balaban J connectivity index is 3.23. The fraction of sp³-hybridized carbons (Fsp3) is 0.286. The van der Waals surface area contributed by atoms with Crippen molar-refractivity contribution in [1.29, 1.82) is 0 Å². The van der Waals surface area contributed by atoms with Gasteiger partial charge in [0.15, 0.2) is 5.82 Å². The second-order valence-electron chi connectivity index (χ2n) is 2.15. The summed E-state index contributed by atoms with van der Waals surface area (Å²) in [7, 11) is 1.06. The van der Waals surface area contributed by atoms with E-state index in [0.29, 0.717) is 6.20 Å². The summed E-state index contributed by atoms with van der Waals surface area (Å²) in [5.41, 5.74) is -1.07. The molecule has 0 aliphatic heterocycles. The van der Waals surface area contributed by atoms with Gasteiger partial charge in [0.25, 0.3) is 12.3 Å². The number of halogens is 4. The summed E-state index contributed by atoms with van der Waals surface area (Å²) in [4.78, 5) is 3.16. The summed E-state index contributed by atoms with van der Waals surface area (Å²) < 4.78 is 53.7. The minimum atomic E-state index is -3.09. The number of ether oxygens (including phenoxy) is 1. The lowest BCUT2D eigenvalue weighted by molar-refractivity contribution is 0.144. The minimum absolute atomic E-state index is 0.544. The van der Waals surface area contributed by atoms with Gasteiger partial charge in [0, 0.05) is 6.20 Å². The molecule has 1 aromatic rings. The van der Waals surface area contributed by atoms with Crippen molar-refractivity contribution in [3.05, 3.63) is 23.4 Å². The average Bonchev–Trinajstić information content (AvgIpc) is 2.09. The molecule has 1 rings (SSSR count). The van der Waals surface area contributed by atoms with E-state index in [2.05, 4.69) is 9.72 Å². The minimum Gasteiger partial charge on any atom is -0.479 e. The molecule has 6 heteroatoms. The smallest absolute Gasteiger partial charge is 0.268 e. The first-order valence-electron chi connectivity index (χ1n) is 3.24. The number of alkyl halides is 2. The number of methoxy groups -OCH3 is 1. The fourth-order valence-electron chi connectivity index (χ4n) is 0.757. The van der Waals surface area contributed by atoms with Gasteiger partial charge in [-0.05, 0) is 0 Å². The first-order valence-corrected chi connectivity index (χ1v) is 3.24. The third-order valence-electron chi connectivity index (χ3n) is 1.38. The molecule has 0 atom stereocenters. The fourth-order valence-corrected chi connectivity index (χ4v) is 0.757. The third kappa shape index (κ3) is 1.71. The highest BCUT2D eigenvalue weighted by Crippen LogP contribution is 2.26. The van der Waals surface area contributed by atoms with Crippen molar-refractivity contribution in [1.82, 2.24) is 4.98 Å². The lowest BCUT2D eigenvalue weighted by atomic mass is 10.3. The molecule has 0 aromatic carbocycles. The Morgan fingerprint density at radius 3 is 2.38 bits per heavy atom. The number of pyridine rings is 1. The van der Waals surface area contributed by atoms with Gasteiger partial charge in [-0.15, -0.1) is 0 Å². The molecule has 0 spiro atoms. The third-order valence-corrected chi connectivity index (χ3v) is 1.38. The quantitative estimate of drug-likeness (QED) is 0.675. The van der Waals surface area contributed by atoms with Crippen molar-refractivity contribution in [3.63, 3.8) is 0 Å². The van der Waals surface area contributed by atoms with Crippen molar-refractivity contribution in [3.8, 4) is 5.88 Å². The van der Waals surface area contributed by atoms with E-state index in [1.165, 1.54) is 0 Å². The molecule has 0 amide bonds. The molecule has 1 heterocycles. The molecule has 1 aromatic heterocycles. The van der Waals surface area contributed by atoms with Crippen LogP contribution in [0, 0.1) is 11.6 Å². The Labute approximate surface area is 71.2 Å². The van der Waals surface area contributed by atoms with Gasteiger partial charge in [-0.1, -0.05) is 0 Å². The highest BCUT2D eigenvalue weighted by atomic mass is 19.3. The standard InChI is InChI=1S/C7H5F4NO/c1-13-7-5(9)4(8)3(2-12-7)6(10)11/h2,6H,1H3. The Hall–Kier alpha value is -1.33. The van der Waals surface area contributed by atoms with Crippen LogP contribution in [0.25, 0.3) is 0 Å². The SMILES string of the molecule is COc1ncc(C(F)F)c(F)c1F. The van der Waals surface area contributed by atoms with E-state index in [4.69, 9.17) is 0 Å². The Morgan fingerprint density at radius 2 is 1.92 bits per heavy atom. The summed E-state index contributed by atoms with van der Waals surface area (Å²) in [6, 6.07) is 0. The first kappa shape index (κ1) is 9.76. The zero-order valence-electron chi connectivity index (χ0n) is 6.52. The summed E-state index contributed by atoms with van der Waals surface area (Å²) >= 11 is 0. The van der Waals surface area contributed by atoms with Crippen LogP contribution >= 0.6 is 0 Å². The van der Waals surface area contributed by atoms with Crippen LogP contribution in [0.1, 0.15) is 12.0 Å². The molecule has 0 saturated carbocycles. The Morgan fingerprint density at radius 1 is 1.31 bits per heavy atom. The second-order valence-corrected chi connectivity index (χ2v) is 2.15. The molecule has 0 unspecified atom stereocenters. The van der Waals surface area contributed by atoms with Crippen LogP contribution in [0.2, 0.25) is 0 Å². The van der Waals surface area contributed by atoms with E-state index in [9.17, 15) is 17.6 Å². The van der Waals surface area contributed by atoms with Gasteiger partial charge < -0.3 is 4.74 Å². The highest BCUT2D eigenvalue weighted by Gasteiger charge is 2.21. The van der Waals surface area contributed by atoms with Crippen LogP contribution in [0.15, 0.2) is 6.20 Å². The monoisotopic (exact) mass is 195 g/mol. The van der Waals surface area contributed by atoms with Crippen molar-refractivity contribution >= 4 is 0 Å². The van der Waals surface area contributed by atoms with Crippen molar-refractivity contribution in [2.75, 3.05) is 7.11 Å². The van der Waals surface area contributed by atoms with Gasteiger partial charge in [0.1, 0.15) is 0 Å². The van der Waals surface area contributed by atoms with E-state index in [1.807, 2.05) is 0 Å². The Bertz CT molecular complexity index is 316. The zero-order chi connectivity index (χ0) is 10.0. The summed E-state index contributed by atoms with van der Waals surface area (Å²) in [6.45, 7) is 0. The van der Waals surface area contributed by atoms with Gasteiger partial charge in [-0.25, -0.2) is 18.2 Å². The predicted octanol–water partition coefficient (Wildman–Crippen LogP) is 2.31.